The van der Waals surface area contributed by atoms with Crippen LogP contribution in [0.25, 0.3) is 0 Å². The third-order valence-corrected chi connectivity index (χ3v) is 3.70. The second-order valence-electron chi connectivity index (χ2n) is 5.41. The molecule has 1 aliphatic heterocycles. The number of aromatic amines is 1. The molecule has 0 radical (unpaired) electrons. The zero-order valence-electron chi connectivity index (χ0n) is 12.5. The van der Waals surface area contributed by atoms with Crippen LogP contribution in [0, 0.1) is 0 Å². The molecule has 1 saturated heterocycles. The van der Waals surface area contributed by atoms with Gasteiger partial charge < -0.3 is 15.0 Å². The highest BCUT2D eigenvalue weighted by Crippen LogP contribution is 2.15. The van der Waals surface area contributed by atoms with Gasteiger partial charge >= 0.3 is 0 Å². The number of hydrogen-bond donors (Lipinski definition) is 2. The van der Waals surface area contributed by atoms with Crippen molar-refractivity contribution >= 4 is 5.95 Å². The Morgan fingerprint density at radius 2 is 2.14 bits per heavy atom. The predicted octanol–water partition coefficient (Wildman–Crippen LogP) is 1.20. The molecule has 2 N–H and O–H groups in total. The molecule has 112 valence electrons. The Morgan fingerprint density at radius 1 is 1.33 bits per heavy atom. The Labute approximate surface area is 124 Å². The Balaban J connectivity index is 1.66. The van der Waals surface area contributed by atoms with Crippen LogP contribution < -0.4 is 15.0 Å². The van der Waals surface area contributed by atoms with E-state index in [1.807, 2.05) is 24.3 Å². The van der Waals surface area contributed by atoms with Crippen molar-refractivity contribution in [3.63, 3.8) is 0 Å². The summed E-state index contributed by atoms with van der Waals surface area (Å²) < 4.78 is 5.16. The van der Waals surface area contributed by atoms with Crippen molar-refractivity contribution in [2.45, 2.75) is 19.4 Å². The first-order chi connectivity index (χ1) is 10.2. The van der Waals surface area contributed by atoms with E-state index in [9.17, 15) is 0 Å². The monoisotopic (exact) mass is 287 g/mol. The van der Waals surface area contributed by atoms with E-state index in [0.717, 1.165) is 43.6 Å². The average Bonchev–Trinajstić information content (AvgIpc) is 2.97. The van der Waals surface area contributed by atoms with Crippen molar-refractivity contribution in [2.75, 3.05) is 31.6 Å². The second kappa shape index (κ2) is 6.13. The third-order valence-electron chi connectivity index (χ3n) is 3.70. The van der Waals surface area contributed by atoms with Crippen molar-refractivity contribution in [1.82, 2.24) is 20.5 Å². The number of nitrogens with zero attached hydrogens (tertiary/aromatic N) is 3. The quantitative estimate of drug-likeness (QED) is 0.884. The number of nitrogens with one attached hydrogen (secondary N) is 2. The van der Waals surface area contributed by atoms with Crippen LogP contribution >= 0.6 is 0 Å². The first-order valence-corrected chi connectivity index (χ1v) is 7.27. The largest absolute Gasteiger partial charge is 0.497 e. The fourth-order valence-corrected chi connectivity index (χ4v) is 2.56. The highest BCUT2D eigenvalue weighted by molar-refractivity contribution is 5.32. The summed E-state index contributed by atoms with van der Waals surface area (Å²) in [5.74, 6) is 2.56. The molecule has 1 fully saturated rings. The number of hydrogen-bond acceptors (Lipinski definition) is 5. The molecular formula is C15H21N5O. The fraction of sp³-hybridized carbons (Fsp3) is 0.467. The van der Waals surface area contributed by atoms with Gasteiger partial charge in [0.1, 0.15) is 11.6 Å². The SMILES string of the molecule is COc1ccc(Cc2nc(N3CCN[C@@H](C)C3)n[nH]2)cc1. The highest BCUT2D eigenvalue weighted by Gasteiger charge is 2.19. The van der Waals surface area contributed by atoms with E-state index in [0.29, 0.717) is 6.04 Å². The molecule has 1 aromatic carbocycles. The van der Waals surface area contributed by atoms with E-state index in [4.69, 9.17) is 4.74 Å². The lowest BCUT2D eigenvalue weighted by Gasteiger charge is -2.30. The van der Waals surface area contributed by atoms with Gasteiger partial charge in [-0.1, -0.05) is 12.1 Å². The molecule has 0 saturated carbocycles. The van der Waals surface area contributed by atoms with E-state index in [2.05, 4.69) is 32.3 Å². The fourth-order valence-electron chi connectivity index (χ4n) is 2.56. The van der Waals surface area contributed by atoms with Crippen LogP contribution in [-0.4, -0.2) is 48.0 Å². The molecule has 0 spiro atoms. The molecule has 0 amide bonds. The van der Waals surface area contributed by atoms with Crippen LogP contribution in [0.4, 0.5) is 5.95 Å². The van der Waals surface area contributed by atoms with Crippen molar-refractivity contribution in [3.8, 4) is 5.75 Å². The Hall–Kier alpha value is -2.08. The number of benzene rings is 1. The number of piperazine rings is 1. The molecule has 0 aliphatic carbocycles. The van der Waals surface area contributed by atoms with E-state index >= 15 is 0 Å². The lowest BCUT2D eigenvalue weighted by atomic mass is 10.1. The van der Waals surface area contributed by atoms with Crippen molar-refractivity contribution in [2.24, 2.45) is 0 Å². The molecule has 0 unspecified atom stereocenters. The predicted molar refractivity (Wildman–Crippen MR) is 81.9 cm³/mol. The molecule has 1 aromatic heterocycles. The zero-order valence-corrected chi connectivity index (χ0v) is 12.5. The van der Waals surface area contributed by atoms with Crippen LogP contribution in [0.1, 0.15) is 18.3 Å². The summed E-state index contributed by atoms with van der Waals surface area (Å²) in [6.07, 6.45) is 0.749. The van der Waals surface area contributed by atoms with Gasteiger partial charge in [-0.3, -0.25) is 5.10 Å². The van der Waals surface area contributed by atoms with Gasteiger partial charge in [0.2, 0.25) is 5.95 Å². The van der Waals surface area contributed by atoms with Gasteiger partial charge in [0.05, 0.1) is 7.11 Å². The van der Waals surface area contributed by atoms with Gasteiger partial charge in [0.25, 0.3) is 0 Å². The molecule has 6 heteroatoms. The number of H-pyrrole nitrogens is 1. The molecule has 1 atom stereocenters. The van der Waals surface area contributed by atoms with Crippen LogP contribution in [0.3, 0.4) is 0 Å². The van der Waals surface area contributed by atoms with Gasteiger partial charge in [-0.2, -0.15) is 4.98 Å². The minimum Gasteiger partial charge on any atom is -0.497 e. The van der Waals surface area contributed by atoms with Crippen molar-refractivity contribution in [1.29, 1.82) is 0 Å². The average molecular weight is 287 g/mol. The van der Waals surface area contributed by atoms with Gasteiger partial charge in [0, 0.05) is 32.1 Å². The molecule has 0 bridgehead atoms. The number of ether oxygens (including phenoxy) is 1. The lowest BCUT2D eigenvalue weighted by Crippen LogP contribution is -2.49. The Bertz CT molecular complexity index is 580. The maximum atomic E-state index is 5.16. The Kier molecular flexibility index (Phi) is 4.06. The van der Waals surface area contributed by atoms with Crippen molar-refractivity contribution in [3.05, 3.63) is 35.7 Å². The summed E-state index contributed by atoms with van der Waals surface area (Å²) in [5.41, 5.74) is 1.19. The van der Waals surface area contributed by atoms with Gasteiger partial charge in [0.15, 0.2) is 0 Å². The number of aromatic nitrogens is 3. The van der Waals surface area contributed by atoms with Crippen molar-refractivity contribution < 1.29 is 4.74 Å². The molecule has 2 aromatic rings. The number of rotatable bonds is 4. The standard InChI is InChI=1S/C15H21N5O/c1-11-10-20(8-7-16-11)15-17-14(18-19-15)9-12-3-5-13(21-2)6-4-12/h3-6,11,16H,7-10H2,1-2H3,(H,17,18,19)/t11-/m0/s1. The Morgan fingerprint density at radius 3 is 2.86 bits per heavy atom. The smallest absolute Gasteiger partial charge is 0.244 e. The third kappa shape index (κ3) is 3.33. The molecule has 1 aliphatic rings. The van der Waals surface area contributed by atoms with E-state index in [1.165, 1.54) is 5.56 Å². The summed E-state index contributed by atoms with van der Waals surface area (Å²) in [6, 6.07) is 8.50. The number of anilines is 1. The molecule has 3 rings (SSSR count). The normalized spacial score (nSPS) is 18.8. The van der Waals surface area contributed by atoms with Gasteiger partial charge in [-0.25, -0.2) is 0 Å². The van der Waals surface area contributed by atoms with Crippen LogP contribution in [0.15, 0.2) is 24.3 Å². The van der Waals surface area contributed by atoms with E-state index in [-0.39, 0.29) is 0 Å². The summed E-state index contributed by atoms with van der Waals surface area (Å²) in [4.78, 5) is 6.82. The first kappa shape index (κ1) is 13.9. The lowest BCUT2D eigenvalue weighted by molar-refractivity contribution is 0.414. The topological polar surface area (TPSA) is 66.1 Å². The van der Waals surface area contributed by atoms with Gasteiger partial charge in [-0.05, 0) is 24.6 Å². The molecule has 6 nitrogen and oxygen atoms in total. The maximum absolute atomic E-state index is 5.16. The minimum atomic E-state index is 0.474. The summed E-state index contributed by atoms with van der Waals surface area (Å²) in [7, 11) is 1.67. The summed E-state index contributed by atoms with van der Waals surface area (Å²) in [6.45, 7) is 5.05. The maximum Gasteiger partial charge on any atom is 0.244 e. The highest BCUT2D eigenvalue weighted by atomic mass is 16.5. The van der Waals surface area contributed by atoms with E-state index < -0.39 is 0 Å². The first-order valence-electron chi connectivity index (χ1n) is 7.27. The van der Waals surface area contributed by atoms with Crippen LogP contribution in [0.5, 0.6) is 5.75 Å². The van der Waals surface area contributed by atoms with Crippen LogP contribution in [-0.2, 0) is 6.42 Å². The van der Waals surface area contributed by atoms with Crippen LogP contribution in [0.2, 0.25) is 0 Å². The zero-order chi connectivity index (χ0) is 14.7. The number of methoxy groups -OCH3 is 1. The van der Waals surface area contributed by atoms with Gasteiger partial charge in [-0.15, -0.1) is 5.10 Å². The second-order valence-corrected chi connectivity index (χ2v) is 5.41. The summed E-state index contributed by atoms with van der Waals surface area (Å²) >= 11 is 0. The summed E-state index contributed by atoms with van der Waals surface area (Å²) in [5, 5.41) is 10.8. The molecular weight excluding hydrogens is 266 g/mol. The van der Waals surface area contributed by atoms with E-state index in [1.54, 1.807) is 7.11 Å². The molecule has 2 heterocycles. The molecule has 21 heavy (non-hydrogen) atoms. The minimum absolute atomic E-state index is 0.474.